The Morgan fingerprint density at radius 1 is 1.33 bits per heavy atom. The molecular weight excluding hydrogens is 296 g/mol. The summed E-state index contributed by atoms with van der Waals surface area (Å²) in [6.45, 7) is 3.76. The zero-order valence-corrected chi connectivity index (χ0v) is 12.8. The Labute approximate surface area is 124 Å². The Morgan fingerprint density at radius 2 is 1.95 bits per heavy atom. The van der Waals surface area contributed by atoms with E-state index in [-0.39, 0.29) is 23.1 Å². The van der Waals surface area contributed by atoms with Gasteiger partial charge in [0, 0.05) is 12.7 Å². The van der Waals surface area contributed by atoms with Crippen LogP contribution >= 0.6 is 0 Å². The van der Waals surface area contributed by atoms with Crippen molar-refractivity contribution in [3.63, 3.8) is 0 Å². The molecule has 3 N–H and O–H groups in total. The van der Waals surface area contributed by atoms with Gasteiger partial charge >= 0.3 is 5.97 Å². The highest BCUT2D eigenvalue weighted by Crippen LogP contribution is 2.13. The van der Waals surface area contributed by atoms with Crippen LogP contribution in [0.5, 0.6) is 0 Å². The van der Waals surface area contributed by atoms with Crippen LogP contribution < -0.4 is 4.72 Å². The van der Waals surface area contributed by atoms with E-state index >= 15 is 0 Å². The minimum atomic E-state index is -3.86. The molecule has 0 saturated carbocycles. The third-order valence-corrected chi connectivity index (χ3v) is 4.67. The van der Waals surface area contributed by atoms with E-state index in [0.717, 1.165) is 25.1 Å². The zero-order chi connectivity index (χ0) is 16.0. The van der Waals surface area contributed by atoms with Crippen molar-refractivity contribution in [2.75, 3.05) is 6.54 Å². The van der Waals surface area contributed by atoms with Gasteiger partial charge in [-0.2, -0.15) is 0 Å². The first-order valence-corrected chi connectivity index (χ1v) is 8.17. The molecule has 0 aromatic carbocycles. The molecule has 0 aliphatic carbocycles. The standard InChI is InChI=1S/C13H20N2O5S/c1-3-9(4-2)11(16)8-15-21(19,20)12-6-5-10(7-14-12)13(17)18/h5-7,9,11,15-16H,3-4,8H2,1-2H3,(H,17,18). The molecule has 21 heavy (non-hydrogen) atoms. The number of aromatic nitrogens is 1. The topological polar surface area (TPSA) is 117 Å². The Morgan fingerprint density at radius 3 is 2.38 bits per heavy atom. The lowest BCUT2D eigenvalue weighted by molar-refractivity contribution is 0.0696. The van der Waals surface area contributed by atoms with Crippen LogP contribution in [0.25, 0.3) is 0 Å². The van der Waals surface area contributed by atoms with Crippen molar-refractivity contribution in [1.82, 2.24) is 9.71 Å². The van der Waals surface area contributed by atoms with E-state index < -0.39 is 22.1 Å². The highest BCUT2D eigenvalue weighted by atomic mass is 32.2. The van der Waals surface area contributed by atoms with Crippen molar-refractivity contribution in [1.29, 1.82) is 0 Å². The highest BCUT2D eigenvalue weighted by molar-refractivity contribution is 7.89. The summed E-state index contributed by atoms with van der Waals surface area (Å²) >= 11 is 0. The van der Waals surface area contributed by atoms with Crippen LogP contribution in [0, 0.1) is 5.92 Å². The largest absolute Gasteiger partial charge is 0.478 e. The summed E-state index contributed by atoms with van der Waals surface area (Å²) in [4.78, 5) is 14.3. The SMILES string of the molecule is CCC(CC)C(O)CNS(=O)(=O)c1ccc(C(=O)O)cn1. The molecule has 1 rings (SSSR count). The molecule has 1 atom stereocenters. The smallest absolute Gasteiger partial charge is 0.337 e. The molecule has 1 unspecified atom stereocenters. The number of hydrogen-bond acceptors (Lipinski definition) is 5. The van der Waals surface area contributed by atoms with Crippen LogP contribution in [0.1, 0.15) is 37.0 Å². The Hall–Kier alpha value is -1.51. The summed E-state index contributed by atoms with van der Waals surface area (Å²) in [5.74, 6) is -1.15. The molecule has 7 nitrogen and oxygen atoms in total. The second-order valence-corrected chi connectivity index (χ2v) is 6.40. The van der Waals surface area contributed by atoms with Crippen molar-refractivity contribution in [3.05, 3.63) is 23.9 Å². The first-order chi connectivity index (χ1) is 9.81. The fourth-order valence-electron chi connectivity index (χ4n) is 1.93. The second-order valence-electron chi connectivity index (χ2n) is 4.69. The summed E-state index contributed by atoms with van der Waals surface area (Å²) in [7, 11) is -3.86. The number of aliphatic hydroxyl groups excluding tert-OH is 1. The number of hydrogen-bond donors (Lipinski definition) is 3. The van der Waals surface area contributed by atoms with E-state index in [4.69, 9.17) is 5.11 Å². The predicted molar refractivity (Wildman–Crippen MR) is 76.5 cm³/mol. The first kappa shape index (κ1) is 17.5. The molecule has 118 valence electrons. The van der Waals surface area contributed by atoms with Gasteiger partial charge in [-0.25, -0.2) is 22.9 Å². The lowest BCUT2D eigenvalue weighted by atomic mass is 9.97. The van der Waals surface area contributed by atoms with E-state index in [1.165, 1.54) is 6.07 Å². The van der Waals surface area contributed by atoms with Gasteiger partial charge in [0.05, 0.1) is 11.7 Å². The third-order valence-electron chi connectivity index (χ3n) is 3.33. The second kappa shape index (κ2) is 7.48. The first-order valence-electron chi connectivity index (χ1n) is 6.68. The van der Waals surface area contributed by atoms with Gasteiger partial charge in [0.2, 0.25) is 0 Å². The fourth-order valence-corrected chi connectivity index (χ4v) is 2.91. The Bertz CT molecular complexity index is 567. The normalized spacial score (nSPS) is 13.3. The minimum absolute atomic E-state index is 0.0232. The number of nitrogens with zero attached hydrogens (tertiary/aromatic N) is 1. The number of aliphatic hydroxyl groups is 1. The van der Waals surface area contributed by atoms with E-state index in [1.807, 2.05) is 13.8 Å². The van der Waals surface area contributed by atoms with E-state index in [0.29, 0.717) is 0 Å². The van der Waals surface area contributed by atoms with Crippen molar-refractivity contribution in [2.45, 2.75) is 37.8 Å². The summed E-state index contributed by atoms with van der Waals surface area (Å²) in [6.07, 6.45) is 1.72. The highest BCUT2D eigenvalue weighted by Gasteiger charge is 2.21. The van der Waals surface area contributed by atoms with E-state index in [9.17, 15) is 18.3 Å². The average Bonchev–Trinajstić information content (AvgIpc) is 2.46. The van der Waals surface area contributed by atoms with Gasteiger partial charge in [-0.15, -0.1) is 0 Å². The Kier molecular flexibility index (Phi) is 6.25. The molecule has 0 amide bonds. The number of carbonyl (C=O) groups is 1. The summed E-state index contributed by atoms with van der Waals surface area (Å²) in [6, 6.07) is 2.29. The summed E-state index contributed by atoms with van der Waals surface area (Å²) in [5.41, 5.74) is -0.0917. The van der Waals surface area contributed by atoms with Crippen LogP contribution in [0.4, 0.5) is 0 Å². The van der Waals surface area contributed by atoms with Crippen LogP contribution in [-0.2, 0) is 10.0 Å². The predicted octanol–water partition coefficient (Wildman–Crippen LogP) is 0.855. The van der Waals surface area contributed by atoms with Crippen LogP contribution in [0.2, 0.25) is 0 Å². The number of sulfonamides is 1. The van der Waals surface area contributed by atoms with Crippen LogP contribution in [0.3, 0.4) is 0 Å². The van der Waals surface area contributed by atoms with Gasteiger partial charge in [-0.3, -0.25) is 0 Å². The molecule has 1 aromatic rings. The molecule has 0 fully saturated rings. The lowest BCUT2D eigenvalue weighted by Gasteiger charge is -2.20. The molecule has 0 spiro atoms. The quantitative estimate of drug-likeness (QED) is 0.655. The summed E-state index contributed by atoms with van der Waals surface area (Å²) < 4.78 is 26.3. The zero-order valence-electron chi connectivity index (χ0n) is 12.0. The molecule has 0 aliphatic rings. The van der Waals surface area contributed by atoms with Crippen molar-refractivity contribution in [3.8, 4) is 0 Å². The lowest BCUT2D eigenvalue weighted by Crippen LogP contribution is -2.36. The van der Waals surface area contributed by atoms with Gasteiger partial charge in [-0.05, 0) is 18.1 Å². The number of pyridine rings is 1. The molecule has 1 heterocycles. The van der Waals surface area contributed by atoms with Crippen molar-refractivity contribution >= 4 is 16.0 Å². The van der Waals surface area contributed by atoms with Gasteiger partial charge in [0.25, 0.3) is 10.0 Å². The maximum absolute atomic E-state index is 12.0. The molecule has 1 aromatic heterocycles. The molecule has 0 saturated heterocycles. The van der Waals surface area contributed by atoms with Gasteiger partial charge in [0.15, 0.2) is 5.03 Å². The number of carboxylic acid groups (broad SMARTS) is 1. The number of nitrogens with one attached hydrogen (secondary N) is 1. The van der Waals surface area contributed by atoms with Crippen LogP contribution in [0.15, 0.2) is 23.4 Å². The maximum Gasteiger partial charge on any atom is 0.337 e. The monoisotopic (exact) mass is 316 g/mol. The van der Waals surface area contributed by atoms with E-state index in [1.54, 1.807) is 0 Å². The molecule has 8 heteroatoms. The maximum atomic E-state index is 12.0. The summed E-state index contributed by atoms with van der Waals surface area (Å²) in [5, 5.41) is 18.4. The number of rotatable bonds is 8. The number of carboxylic acids is 1. The molecule has 0 radical (unpaired) electrons. The van der Waals surface area contributed by atoms with Gasteiger partial charge in [-0.1, -0.05) is 26.7 Å². The van der Waals surface area contributed by atoms with Gasteiger partial charge in [0.1, 0.15) is 0 Å². The molecule has 0 aliphatic heterocycles. The Balaban J connectivity index is 2.75. The van der Waals surface area contributed by atoms with Crippen molar-refractivity contribution < 1.29 is 23.4 Å². The van der Waals surface area contributed by atoms with Crippen LogP contribution in [-0.4, -0.2) is 42.2 Å². The van der Waals surface area contributed by atoms with Gasteiger partial charge < -0.3 is 10.2 Å². The fraction of sp³-hybridized carbons (Fsp3) is 0.538. The molecule has 0 bridgehead atoms. The number of aromatic carboxylic acids is 1. The average molecular weight is 316 g/mol. The van der Waals surface area contributed by atoms with Crippen molar-refractivity contribution in [2.24, 2.45) is 5.92 Å². The minimum Gasteiger partial charge on any atom is -0.478 e. The molecular formula is C13H20N2O5S. The third kappa shape index (κ3) is 4.76. The van der Waals surface area contributed by atoms with E-state index in [2.05, 4.69) is 9.71 Å².